The van der Waals surface area contributed by atoms with Crippen LogP contribution in [-0.4, -0.2) is 22.7 Å². The highest BCUT2D eigenvalue weighted by Gasteiger charge is 2.26. The average Bonchev–Trinajstić information content (AvgIpc) is 3.04. The Morgan fingerprint density at radius 1 is 1.33 bits per heavy atom. The van der Waals surface area contributed by atoms with Crippen LogP contribution in [0.2, 0.25) is 0 Å². The van der Waals surface area contributed by atoms with Crippen LogP contribution >= 0.6 is 0 Å². The molecule has 4 heteroatoms. The summed E-state index contributed by atoms with van der Waals surface area (Å²) in [4.78, 5) is 4.63. The molecule has 0 bridgehead atoms. The third kappa shape index (κ3) is 2.91. The van der Waals surface area contributed by atoms with Gasteiger partial charge in [-0.2, -0.15) is 4.98 Å². The van der Waals surface area contributed by atoms with Crippen LogP contribution in [-0.2, 0) is 0 Å². The smallest absolute Gasteiger partial charge is 0.231 e. The highest BCUT2D eigenvalue weighted by Crippen LogP contribution is 2.33. The fourth-order valence-electron chi connectivity index (χ4n) is 2.89. The molecule has 1 aromatic rings. The number of hydrogen-bond donors (Lipinski definition) is 1. The van der Waals surface area contributed by atoms with Gasteiger partial charge in [-0.15, -0.1) is 0 Å². The molecule has 2 rings (SSSR count). The largest absolute Gasteiger partial charge is 0.339 e. The van der Waals surface area contributed by atoms with Gasteiger partial charge in [0.25, 0.3) is 0 Å². The van der Waals surface area contributed by atoms with Gasteiger partial charge in [-0.3, -0.25) is 0 Å². The van der Waals surface area contributed by atoms with Crippen LogP contribution in [0.1, 0.15) is 76.4 Å². The Balaban J connectivity index is 2.03. The van der Waals surface area contributed by atoms with Crippen molar-refractivity contribution in [3.63, 3.8) is 0 Å². The molecular weight excluding hydrogens is 226 g/mol. The molecule has 0 saturated heterocycles. The lowest BCUT2D eigenvalue weighted by Gasteiger charge is -2.20. The molecule has 1 aliphatic rings. The third-order valence-corrected chi connectivity index (χ3v) is 4.08. The first-order valence-electron chi connectivity index (χ1n) is 7.33. The van der Waals surface area contributed by atoms with Gasteiger partial charge in [0.15, 0.2) is 5.82 Å². The standard InChI is InChI=1S/C14H25N3O/c1-4-12(15-5-2)10(3)14-16-13(17-18-14)11-8-6-7-9-11/h10-12,15H,4-9H2,1-3H3. The predicted octanol–water partition coefficient (Wildman–Crippen LogP) is 3.22. The summed E-state index contributed by atoms with van der Waals surface area (Å²) in [6.45, 7) is 7.47. The first kappa shape index (κ1) is 13.5. The molecule has 0 aromatic carbocycles. The zero-order chi connectivity index (χ0) is 13.0. The van der Waals surface area contributed by atoms with Crippen molar-refractivity contribution in [3.8, 4) is 0 Å². The van der Waals surface area contributed by atoms with E-state index in [1.165, 1.54) is 25.7 Å². The van der Waals surface area contributed by atoms with Gasteiger partial charge >= 0.3 is 0 Å². The minimum atomic E-state index is 0.289. The number of rotatable bonds is 6. The van der Waals surface area contributed by atoms with Gasteiger partial charge < -0.3 is 9.84 Å². The van der Waals surface area contributed by atoms with E-state index in [1.54, 1.807) is 0 Å². The average molecular weight is 251 g/mol. The van der Waals surface area contributed by atoms with Gasteiger partial charge in [0.2, 0.25) is 5.89 Å². The minimum Gasteiger partial charge on any atom is -0.339 e. The monoisotopic (exact) mass is 251 g/mol. The number of nitrogens with one attached hydrogen (secondary N) is 1. The Morgan fingerprint density at radius 2 is 2.06 bits per heavy atom. The van der Waals surface area contributed by atoms with E-state index in [-0.39, 0.29) is 5.92 Å². The van der Waals surface area contributed by atoms with Crippen LogP contribution < -0.4 is 5.32 Å². The van der Waals surface area contributed by atoms with E-state index in [4.69, 9.17) is 4.52 Å². The lowest BCUT2D eigenvalue weighted by Crippen LogP contribution is -2.33. The van der Waals surface area contributed by atoms with Gasteiger partial charge in [-0.05, 0) is 25.8 Å². The molecule has 1 N–H and O–H groups in total. The summed E-state index contributed by atoms with van der Waals surface area (Å²) in [5.74, 6) is 2.55. The minimum absolute atomic E-state index is 0.289. The molecule has 18 heavy (non-hydrogen) atoms. The number of aromatic nitrogens is 2. The Hall–Kier alpha value is -0.900. The lowest BCUT2D eigenvalue weighted by atomic mass is 9.99. The van der Waals surface area contributed by atoms with Crippen molar-refractivity contribution < 1.29 is 4.52 Å². The maximum Gasteiger partial charge on any atom is 0.231 e. The van der Waals surface area contributed by atoms with Crippen LogP contribution in [0.4, 0.5) is 0 Å². The van der Waals surface area contributed by atoms with Crippen LogP contribution in [0.5, 0.6) is 0 Å². The molecular formula is C14H25N3O. The second kappa shape index (κ2) is 6.32. The van der Waals surface area contributed by atoms with Crippen LogP contribution in [0.25, 0.3) is 0 Å². The molecule has 4 nitrogen and oxygen atoms in total. The van der Waals surface area contributed by atoms with Crippen molar-refractivity contribution in [1.82, 2.24) is 15.5 Å². The van der Waals surface area contributed by atoms with Crippen molar-refractivity contribution in [2.24, 2.45) is 0 Å². The summed E-state index contributed by atoms with van der Waals surface area (Å²) in [6.07, 6.45) is 6.13. The van der Waals surface area contributed by atoms with E-state index in [0.29, 0.717) is 12.0 Å². The van der Waals surface area contributed by atoms with Crippen LogP contribution in [0, 0.1) is 0 Å². The molecule has 2 unspecified atom stereocenters. The van der Waals surface area contributed by atoms with Gasteiger partial charge in [-0.25, -0.2) is 0 Å². The molecule has 0 radical (unpaired) electrons. The van der Waals surface area contributed by atoms with E-state index in [9.17, 15) is 0 Å². The van der Waals surface area contributed by atoms with E-state index in [0.717, 1.165) is 24.7 Å². The van der Waals surface area contributed by atoms with Crippen molar-refractivity contribution in [2.75, 3.05) is 6.54 Å². The zero-order valence-corrected chi connectivity index (χ0v) is 11.8. The number of nitrogens with zero attached hydrogens (tertiary/aromatic N) is 2. The molecule has 1 saturated carbocycles. The summed E-state index contributed by atoms with van der Waals surface area (Å²) < 4.78 is 5.47. The second-order valence-electron chi connectivity index (χ2n) is 5.33. The first-order chi connectivity index (χ1) is 8.76. The molecule has 0 amide bonds. The van der Waals surface area contributed by atoms with Gasteiger partial charge in [0.05, 0.1) is 5.92 Å². The fraction of sp³-hybridized carbons (Fsp3) is 0.857. The molecule has 0 aliphatic heterocycles. The Morgan fingerprint density at radius 3 is 2.67 bits per heavy atom. The predicted molar refractivity (Wildman–Crippen MR) is 71.7 cm³/mol. The highest BCUT2D eigenvalue weighted by atomic mass is 16.5. The third-order valence-electron chi connectivity index (χ3n) is 4.08. The number of hydrogen-bond acceptors (Lipinski definition) is 4. The molecule has 0 spiro atoms. The van der Waals surface area contributed by atoms with E-state index in [1.807, 2.05) is 0 Å². The maximum absolute atomic E-state index is 5.47. The fourth-order valence-corrected chi connectivity index (χ4v) is 2.89. The van der Waals surface area contributed by atoms with Crippen molar-refractivity contribution in [2.45, 2.75) is 70.8 Å². The summed E-state index contributed by atoms with van der Waals surface area (Å²) in [5.41, 5.74) is 0. The van der Waals surface area contributed by atoms with Crippen molar-refractivity contribution in [3.05, 3.63) is 11.7 Å². The van der Waals surface area contributed by atoms with Crippen molar-refractivity contribution >= 4 is 0 Å². The molecule has 1 heterocycles. The molecule has 1 aliphatic carbocycles. The summed E-state index contributed by atoms with van der Waals surface area (Å²) in [6, 6.07) is 0.423. The summed E-state index contributed by atoms with van der Waals surface area (Å²) >= 11 is 0. The topological polar surface area (TPSA) is 51.0 Å². The summed E-state index contributed by atoms with van der Waals surface area (Å²) in [5, 5.41) is 7.66. The Kier molecular flexibility index (Phi) is 4.75. The first-order valence-corrected chi connectivity index (χ1v) is 7.33. The Labute approximate surface area is 110 Å². The summed E-state index contributed by atoms with van der Waals surface area (Å²) in [7, 11) is 0. The second-order valence-corrected chi connectivity index (χ2v) is 5.33. The van der Waals surface area contributed by atoms with Gasteiger partial charge in [-0.1, -0.05) is 38.8 Å². The van der Waals surface area contributed by atoms with Crippen molar-refractivity contribution in [1.29, 1.82) is 0 Å². The lowest BCUT2D eigenvalue weighted by molar-refractivity contribution is 0.318. The van der Waals surface area contributed by atoms with E-state index >= 15 is 0 Å². The molecule has 1 aromatic heterocycles. The number of likely N-dealkylation sites (N-methyl/N-ethyl adjacent to an activating group) is 1. The van der Waals surface area contributed by atoms with E-state index in [2.05, 4.69) is 36.2 Å². The van der Waals surface area contributed by atoms with Gasteiger partial charge in [0.1, 0.15) is 0 Å². The maximum atomic E-state index is 5.47. The van der Waals surface area contributed by atoms with Gasteiger partial charge in [0, 0.05) is 12.0 Å². The van der Waals surface area contributed by atoms with Crippen LogP contribution in [0.3, 0.4) is 0 Å². The SMILES string of the molecule is CCNC(CC)C(C)c1nc(C2CCCC2)no1. The quantitative estimate of drug-likeness (QED) is 0.843. The molecule has 1 fully saturated rings. The van der Waals surface area contributed by atoms with E-state index < -0.39 is 0 Å². The Bertz CT molecular complexity index is 358. The van der Waals surface area contributed by atoms with Crippen LogP contribution in [0.15, 0.2) is 4.52 Å². The zero-order valence-electron chi connectivity index (χ0n) is 11.8. The highest BCUT2D eigenvalue weighted by molar-refractivity contribution is 5.02. The normalized spacial score (nSPS) is 20.2. The molecule has 102 valence electrons. The molecule has 2 atom stereocenters.